The number of aliphatic hydroxyl groups excluding tert-OH is 1. The molecule has 20 heavy (non-hydrogen) atoms. The number of nitrogens with zero attached hydrogens (tertiary/aromatic N) is 2. The fourth-order valence-electron chi connectivity index (χ4n) is 2.06. The van der Waals surface area contributed by atoms with Crippen LogP contribution in [0.25, 0.3) is 11.0 Å². The van der Waals surface area contributed by atoms with E-state index in [4.69, 9.17) is 15.5 Å². The standard InChI is InChI=1S/C14H14N4O2/c15-11-4-5-12(14-13(11)17-20-18-14)16-7-9-2-1-3-10(6-9)8-19/h1-6,16,19H,7-8,15H2. The molecule has 0 saturated carbocycles. The quantitative estimate of drug-likeness (QED) is 0.626. The normalized spacial score (nSPS) is 10.8. The van der Waals surface area contributed by atoms with Crippen LogP contribution in [-0.2, 0) is 13.2 Å². The van der Waals surface area contributed by atoms with Crippen LogP contribution in [0.4, 0.5) is 11.4 Å². The molecule has 0 aliphatic heterocycles. The van der Waals surface area contributed by atoms with Gasteiger partial charge in [-0.2, -0.15) is 0 Å². The fraction of sp³-hybridized carbons (Fsp3) is 0.143. The molecule has 4 N–H and O–H groups in total. The van der Waals surface area contributed by atoms with Gasteiger partial charge in [0.2, 0.25) is 0 Å². The molecule has 3 rings (SSSR count). The van der Waals surface area contributed by atoms with Crippen molar-refractivity contribution < 1.29 is 9.74 Å². The third-order valence-electron chi connectivity index (χ3n) is 3.10. The molecule has 3 aromatic rings. The Kier molecular flexibility index (Phi) is 3.22. The molecule has 1 heterocycles. The topological polar surface area (TPSA) is 97.2 Å². The van der Waals surface area contributed by atoms with Crippen molar-refractivity contribution in [2.45, 2.75) is 13.2 Å². The van der Waals surface area contributed by atoms with Gasteiger partial charge in [-0.05, 0) is 33.6 Å². The van der Waals surface area contributed by atoms with E-state index in [-0.39, 0.29) is 6.61 Å². The van der Waals surface area contributed by atoms with Crippen LogP contribution in [0.2, 0.25) is 0 Å². The molecule has 0 spiro atoms. The van der Waals surface area contributed by atoms with Gasteiger partial charge >= 0.3 is 0 Å². The molecular weight excluding hydrogens is 256 g/mol. The molecule has 6 nitrogen and oxygen atoms in total. The summed E-state index contributed by atoms with van der Waals surface area (Å²) in [6.07, 6.45) is 0. The molecule has 0 amide bonds. The van der Waals surface area contributed by atoms with E-state index < -0.39 is 0 Å². The van der Waals surface area contributed by atoms with Crippen LogP contribution >= 0.6 is 0 Å². The van der Waals surface area contributed by atoms with Crippen molar-refractivity contribution in [1.82, 2.24) is 10.3 Å². The van der Waals surface area contributed by atoms with Gasteiger partial charge in [0.15, 0.2) is 11.0 Å². The Morgan fingerprint density at radius 1 is 1.10 bits per heavy atom. The molecule has 0 radical (unpaired) electrons. The maximum Gasteiger partial charge on any atom is 0.160 e. The average Bonchev–Trinajstić information content (AvgIpc) is 2.97. The lowest BCUT2D eigenvalue weighted by Gasteiger charge is -2.08. The Labute approximate surface area is 115 Å². The predicted octanol–water partition coefficient (Wildman–Crippen LogP) is 1.91. The maximum atomic E-state index is 9.13. The Morgan fingerprint density at radius 2 is 1.90 bits per heavy atom. The Hall–Kier alpha value is -2.60. The lowest BCUT2D eigenvalue weighted by atomic mass is 10.1. The van der Waals surface area contributed by atoms with E-state index in [2.05, 4.69) is 15.6 Å². The Morgan fingerprint density at radius 3 is 2.75 bits per heavy atom. The van der Waals surface area contributed by atoms with Gasteiger partial charge < -0.3 is 16.2 Å². The first kappa shape index (κ1) is 12.4. The van der Waals surface area contributed by atoms with Crippen LogP contribution in [0.5, 0.6) is 0 Å². The minimum Gasteiger partial charge on any atom is -0.397 e. The molecule has 102 valence electrons. The maximum absolute atomic E-state index is 9.13. The lowest BCUT2D eigenvalue weighted by molar-refractivity contribution is 0.281. The van der Waals surface area contributed by atoms with Crippen molar-refractivity contribution >= 4 is 22.4 Å². The molecule has 0 atom stereocenters. The number of rotatable bonds is 4. The molecule has 0 aliphatic carbocycles. The van der Waals surface area contributed by atoms with E-state index in [1.807, 2.05) is 30.3 Å². The second-order valence-electron chi connectivity index (χ2n) is 4.50. The zero-order chi connectivity index (χ0) is 13.9. The fourth-order valence-corrected chi connectivity index (χ4v) is 2.06. The number of hydrogen-bond acceptors (Lipinski definition) is 6. The van der Waals surface area contributed by atoms with Crippen molar-refractivity contribution in [2.24, 2.45) is 0 Å². The van der Waals surface area contributed by atoms with Gasteiger partial charge in [-0.15, -0.1) is 0 Å². The minimum absolute atomic E-state index is 0.0349. The van der Waals surface area contributed by atoms with Gasteiger partial charge in [0.05, 0.1) is 18.0 Å². The van der Waals surface area contributed by atoms with Crippen molar-refractivity contribution in [3.05, 3.63) is 47.5 Å². The van der Waals surface area contributed by atoms with Crippen molar-refractivity contribution in [2.75, 3.05) is 11.1 Å². The summed E-state index contributed by atoms with van der Waals surface area (Å²) in [4.78, 5) is 0. The molecule has 6 heteroatoms. The molecule has 0 fully saturated rings. The van der Waals surface area contributed by atoms with E-state index in [0.29, 0.717) is 23.3 Å². The van der Waals surface area contributed by atoms with Crippen LogP contribution < -0.4 is 11.1 Å². The largest absolute Gasteiger partial charge is 0.397 e. The third-order valence-corrected chi connectivity index (χ3v) is 3.10. The number of nitrogens with one attached hydrogen (secondary N) is 1. The number of fused-ring (bicyclic) bond motifs is 1. The SMILES string of the molecule is Nc1ccc(NCc2cccc(CO)c2)c2nonc12. The van der Waals surface area contributed by atoms with Gasteiger partial charge in [0.25, 0.3) is 0 Å². The second-order valence-corrected chi connectivity index (χ2v) is 4.50. The van der Waals surface area contributed by atoms with E-state index in [1.165, 1.54) is 0 Å². The Balaban J connectivity index is 1.83. The molecule has 1 aromatic heterocycles. The molecule has 0 aliphatic rings. The van der Waals surface area contributed by atoms with E-state index in [9.17, 15) is 0 Å². The molecule has 0 saturated heterocycles. The number of benzene rings is 2. The highest BCUT2D eigenvalue weighted by atomic mass is 16.6. The zero-order valence-corrected chi connectivity index (χ0v) is 10.7. The summed E-state index contributed by atoms with van der Waals surface area (Å²) < 4.78 is 4.72. The third kappa shape index (κ3) is 2.28. The van der Waals surface area contributed by atoms with E-state index >= 15 is 0 Å². The lowest BCUT2D eigenvalue weighted by Crippen LogP contribution is -2.01. The van der Waals surface area contributed by atoms with Gasteiger partial charge in [-0.25, -0.2) is 4.63 Å². The van der Waals surface area contributed by atoms with Crippen LogP contribution in [0, 0.1) is 0 Å². The highest BCUT2D eigenvalue weighted by Gasteiger charge is 2.09. The van der Waals surface area contributed by atoms with Crippen LogP contribution in [0.1, 0.15) is 11.1 Å². The summed E-state index contributed by atoms with van der Waals surface area (Å²) >= 11 is 0. The molecule has 0 bridgehead atoms. The zero-order valence-electron chi connectivity index (χ0n) is 10.7. The molecular formula is C14H14N4O2. The Bertz CT molecular complexity index is 739. The van der Waals surface area contributed by atoms with E-state index in [0.717, 1.165) is 16.8 Å². The number of nitrogens with two attached hydrogens (primary N) is 1. The summed E-state index contributed by atoms with van der Waals surface area (Å²) in [6, 6.07) is 11.3. The number of nitrogen functional groups attached to an aromatic ring is 1. The summed E-state index contributed by atoms with van der Waals surface area (Å²) in [7, 11) is 0. The number of anilines is 2. The number of aromatic nitrogens is 2. The first-order valence-corrected chi connectivity index (χ1v) is 6.21. The smallest absolute Gasteiger partial charge is 0.160 e. The summed E-state index contributed by atoms with van der Waals surface area (Å²) in [5.74, 6) is 0. The summed E-state index contributed by atoms with van der Waals surface area (Å²) in [6.45, 7) is 0.646. The number of hydrogen-bond donors (Lipinski definition) is 3. The highest BCUT2D eigenvalue weighted by Crippen LogP contribution is 2.25. The highest BCUT2D eigenvalue weighted by molar-refractivity contribution is 5.94. The van der Waals surface area contributed by atoms with Gasteiger partial charge in [-0.1, -0.05) is 24.3 Å². The average molecular weight is 270 g/mol. The molecule has 2 aromatic carbocycles. The predicted molar refractivity (Wildman–Crippen MR) is 75.9 cm³/mol. The van der Waals surface area contributed by atoms with Crippen LogP contribution in [0.15, 0.2) is 41.0 Å². The number of aliphatic hydroxyl groups is 1. The molecule has 0 unspecified atom stereocenters. The van der Waals surface area contributed by atoms with Crippen molar-refractivity contribution in [1.29, 1.82) is 0 Å². The van der Waals surface area contributed by atoms with Crippen LogP contribution in [-0.4, -0.2) is 15.4 Å². The monoisotopic (exact) mass is 270 g/mol. The first-order valence-electron chi connectivity index (χ1n) is 6.21. The minimum atomic E-state index is 0.0349. The van der Waals surface area contributed by atoms with Crippen molar-refractivity contribution in [3.63, 3.8) is 0 Å². The van der Waals surface area contributed by atoms with Gasteiger partial charge in [-0.3, -0.25) is 0 Å². The summed E-state index contributed by atoms with van der Waals surface area (Å²) in [5, 5.41) is 20.0. The summed E-state index contributed by atoms with van der Waals surface area (Å²) in [5.41, 5.74) is 10.3. The van der Waals surface area contributed by atoms with Gasteiger partial charge in [0, 0.05) is 6.54 Å². The van der Waals surface area contributed by atoms with Crippen LogP contribution in [0.3, 0.4) is 0 Å². The first-order chi connectivity index (χ1) is 9.78. The van der Waals surface area contributed by atoms with Crippen molar-refractivity contribution in [3.8, 4) is 0 Å². The van der Waals surface area contributed by atoms with Gasteiger partial charge in [0.1, 0.15) is 0 Å². The second kappa shape index (κ2) is 5.18. The van der Waals surface area contributed by atoms with E-state index in [1.54, 1.807) is 6.07 Å².